The second-order valence-corrected chi connectivity index (χ2v) is 6.52. The van der Waals surface area contributed by atoms with Gasteiger partial charge >= 0.3 is 0 Å². The highest BCUT2D eigenvalue weighted by atomic mass is 16.5. The van der Waals surface area contributed by atoms with E-state index in [-0.39, 0.29) is 5.54 Å². The number of rotatable bonds is 6. The first-order chi connectivity index (χ1) is 8.61. The second-order valence-electron chi connectivity index (χ2n) is 6.52. The molecule has 1 aliphatic heterocycles. The molecule has 1 heterocycles. The molecule has 3 heteroatoms. The number of nitrogens with two attached hydrogens (primary N) is 1. The van der Waals surface area contributed by atoms with Crippen molar-refractivity contribution in [1.29, 1.82) is 0 Å². The number of ether oxygens (including phenoxy) is 1. The smallest absolute Gasteiger partial charge is 0.0593 e. The maximum atomic E-state index is 6.13. The lowest BCUT2D eigenvalue weighted by Crippen LogP contribution is -2.57. The number of nitrogens with zero attached hydrogens (tertiary/aromatic N) is 1. The van der Waals surface area contributed by atoms with Gasteiger partial charge in [-0.05, 0) is 44.6 Å². The van der Waals surface area contributed by atoms with Crippen molar-refractivity contribution >= 4 is 0 Å². The lowest BCUT2D eigenvalue weighted by molar-refractivity contribution is -0.0680. The minimum absolute atomic E-state index is 0.195. The molecule has 2 fully saturated rings. The molecule has 4 unspecified atom stereocenters. The maximum Gasteiger partial charge on any atom is 0.0593 e. The predicted octanol–water partition coefficient (Wildman–Crippen LogP) is 2.25. The van der Waals surface area contributed by atoms with Gasteiger partial charge in [0.15, 0.2) is 0 Å². The third-order valence-corrected chi connectivity index (χ3v) is 5.11. The minimum Gasteiger partial charge on any atom is -0.378 e. The van der Waals surface area contributed by atoms with E-state index in [4.69, 9.17) is 10.5 Å². The minimum atomic E-state index is 0.195. The summed E-state index contributed by atoms with van der Waals surface area (Å²) in [4.78, 5) is 2.55. The van der Waals surface area contributed by atoms with Gasteiger partial charge in [-0.3, -0.25) is 4.90 Å². The summed E-state index contributed by atoms with van der Waals surface area (Å²) in [5.41, 5.74) is 6.33. The van der Waals surface area contributed by atoms with E-state index in [2.05, 4.69) is 25.8 Å². The highest BCUT2D eigenvalue weighted by Gasteiger charge is 2.42. The van der Waals surface area contributed by atoms with E-state index in [9.17, 15) is 0 Å². The van der Waals surface area contributed by atoms with Crippen LogP contribution in [0.5, 0.6) is 0 Å². The van der Waals surface area contributed by atoms with Crippen LogP contribution in [0.3, 0.4) is 0 Å². The van der Waals surface area contributed by atoms with Crippen LogP contribution >= 0.6 is 0 Å². The lowest BCUT2D eigenvalue weighted by atomic mass is 9.83. The fourth-order valence-electron chi connectivity index (χ4n) is 3.39. The first-order valence-electron chi connectivity index (χ1n) is 7.64. The second kappa shape index (κ2) is 5.89. The van der Waals surface area contributed by atoms with Crippen LogP contribution in [0.1, 0.15) is 46.0 Å². The van der Waals surface area contributed by atoms with Crippen LogP contribution in [-0.2, 0) is 4.74 Å². The van der Waals surface area contributed by atoms with Crippen molar-refractivity contribution in [1.82, 2.24) is 4.90 Å². The molecule has 18 heavy (non-hydrogen) atoms. The predicted molar refractivity (Wildman–Crippen MR) is 75.6 cm³/mol. The van der Waals surface area contributed by atoms with Gasteiger partial charge in [0.1, 0.15) is 0 Å². The fourth-order valence-corrected chi connectivity index (χ4v) is 3.39. The molecule has 0 aromatic carbocycles. The Kier molecular flexibility index (Phi) is 4.68. The molecule has 0 spiro atoms. The molecule has 0 bridgehead atoms. The van der Waals surface area contributed by atoms with E-state index in [1.165, 1.54) is 25.8 Å². The van der Waals surface area contributed by atoms with Crippen LogP contribution in [0.25, 0.3) is 0 Å². The first-order valence-corrected chi connectivity index (χ1v) is 7.64. The van der Waals surface area contributed by atoms with Crippen molar-refractivity contribution < 1.29 is 4.74 Å². The summed E-state index contributed by atoms with van der Waals surface area (Å²) in [6.45, 7) is 7.47. The van der Waals surface area contributed by atoms with Crippen molar-refractivity contribution in [3.8, 4) is 0 Å². The third kappa shape index (κ3) is 3.06. The van der Waals surface area contributed by atoms with Crippen molar-refractivity contribution in [2.45, 2.75) is 57.6 Å². The van der Waals surface area contributed by atoms with Gasteiger partial charge in [-0.25, -0.2) is 0 Å². The fraction of sp³-hybridized carbons (Fsp3) is 1.00. The molecule has 1 aliphatic carbocycles. The van der Waals surface area contributed by atoms with Crippen LogP contribution in [0.4, 0.5) is 0 Å². The molecule has 2 aliphatic rings. The van der Waals surface area contributed by atoms with Gasteiger partial charge in [-0.15, -0.1) is 0 Å². The molecule has 4 atom stereocenters. The average Bonchev–Trinajstić information content (AvgIpc) is 3.05. The van der Waals surface area contributed by atoms with Crippen molar-refractivity contribution in [2.75, 3.05) is 26.7 Å². The Labute approximate surface area is 112 Å². The van der Waals surface area contributed by atoms with Gasteiger partial charge in [0.25, 0.3) is 0 Å². The molecular formula is C15H30N2O. The molecule has 1 saturated heterocycles. The molecule has 106 valence electrons. The SMILES string of the molecule is CCCC1CC(CN)(N(C)CC2CC2C)CCO1. The zero-order chi connectivity index (χ0) is 13.2. The quantitative estimate of drug-likeness (QED) is 0.790. The van der Waals surface area contributed by atoms with Gasteiger partial charge in [0, 0.05) is 25.2 Å². The Morgan fingerprint density at radius 2 is 2.17 bits per heavy atom. The van der Waals surface area contributed by atoms with Crippen LogP contribution in [0.2, 0.25) is 0 Å². The van der Waals surface area contributed by atoms with Gasteiger partial charge < -0.3 is 10.5 Å². The van der Waals surface area contributed by atoms with E-state index < -0.39 is 0 Å². The van der Waals surface area contributed by atoms with Gasteiger partial charge in [-0.2, -0.15) is 0 Å². The summed E-state index contributed by atoms with van der Waals surface area (Å²) >= 11 is 0. The van der Waals surface area contributed by atoms with E-state index in [0.29, 0.717) is 6.10 Å². The van der Waals surface area contributed by atoms with Crippen LogP contribution < -0.4 is 5.73 Å². The standard InChI is InChI=1S/C15H30N2O/c1-4-5-14-9-15(11-16,6-7-18-14)17(3)10-13-8-12(13)2/h12-14H,4-11,16H2,1-3H3. The molecule has 2 rings (SSSR count). The number of likely N-dealkylation sites (N-methyl/N-ethyl adjacent to an activating group) is 1. The molecule has 0 radical (unpaired) electrons. The monoisotopic (exact) mass is 254 g/mol. The molecule has 0 aromatic heterocycles. The third-order valence-electron chi connectivity index (χ3n) is 5.11. The Morgan fingerprint density at radius 1 is 1.44 bits per heavy atom. The van der Waals surface area contributed by atoms with Gasteiger partial charge in [-0.1, -0.05) is 20.3 Å². The highest BCUT2D eigenvalue weighted by molar-refractivity contribution is 4.97. The largest absolute Gasteiger partial charge is 0.378 e. The van der Waals surface area contributed by atoms with Gasteiger partial charge in [0.05, 0.1) is 6.10 Å². The Bertz CT molecular complexity index is 269. The zero-order valence-corrected chi connectivity index (χ0v) is 12.3. The summed E-state index contributed by atoms with van der Waals surface area (Å²) in [7, 11) is 2.27. The topological polar surface area (TPSA) is 38.5 Å². The lowest BCUT2D eigenvalue weighted by Gasteiger charge is -2.46. The van der Waals surface area contributed by atoms with Crippen molar-refractivity contribution in [3.05, 3.63) is 0 Å². The Balaban J connectivity index is 1.94. The van der Waals surface area contributed by atoms with Crippen molar-refractivity contribution in [2.24, 2.45) is 17.6 Å². The summed E-state index contributed by atoms with van der Waals surface area (Å²) in [6.07, 6.45) is 6.42. The Morgan fingerprint density at radius 3 is 2.72 bits per heavy atom. The van der Waals surface area contributed by atoms with Crippen LogP contribution in [0, 0.1) is 11.8 Å². The van der Waals surface area contributed by atoms with Gasteiger partial charge in [0.2, 0.25) is 0 Å². The van der Waals surface area contributed by atoms with Crippen molar-refractivity contribution in [3.63, 3.8) is 0 Å². The average molecular weight is 254 g/mol. The van der Waals surface area contributed by atoms with E-state index >= 15 is 0 Å². The molecule has 2 N–H and O–H groups in total. The summed E-state index contributed by atoms with van der Waals surface area (Å²) in [5.74, 6) is 1.83. The number of hydrogen-bond acceptors (Lipinski definition) is 3. The molecule has 0 aromatic rings. The summed E-state index contributed by atoms with van der Waals surface area (Å²) in [6, 6.07) is 0. The molecule has 3 nitrogen and oxygen atoms in total. The van der Waals surface area contributed by atoms with E-state index in [1.807, 2.05) is 0 Å². The Hall–Kier alpha value is -0.120. The molecule has 0 amide bonds. The summed E-state index contributed by atoms with van der Waals surface area (Å²) in [5, 5.41) is 0. The molecular weight excluding hydrogens is 224 g/mol. The van der Waals surface area contributed by atoms with E-state index in [1.54, 1.807) is 0 Å². The maximum absolute atomic E-state index is 6.13. The summed E-state index contributed by atoms with van der Waals surface area (Å²) < 4.78 is 5.89. The van der Waals surface area contributed by atoms with Crippen LogP contribution in [-0.4, -0.2) is 43.3 Å². The number of hydrogen-bond donors (Lipinski definition) is 1. The first kappa shape index (κ1) is 14.3. The highest BCUT2D eigenvalue weighted by Crippen LogP contribution is 2.40. The zero-order valence-electron chi connectivity index (χ0n) is 12.3. The van der Waals surface area contributed by atoms with Crippen LogP contribution in [0.15, 0.2) is 0 Å². The van der Waals surface area contributed by atoms with E-state index in [0.717, 1.165) is 37.8 Å². The normalized spacial score (nSPS) is 40.2. The molecule has 1 saturated carbocycles.